The highest BCUT2D eigenvalue weighted by molar-refractivity contribution is 6.26. The number of pyridine rings is 1. The number of nitriles is 1. The van der Waals surface area contributed by atoms with Crippen molar-refractivity contribution < 1.29 is 0 Å². The summed E-state index contributed by atoms with van der Waals surface area (Å²) in [6.07, 6.45) is 0. The summed E-state index contributed by atoms with van der Waals surface area (Å²) in [5.41, 5.74) is 13.1. The van der Waals surface area contributed by atoms with Crippen LogP contribution in [0.15, 0.2) is 182 Å². The zero-order valence-corrected chi connectivity index (χ0v) is 28.1. The molecule has 0 amide bonds. The molecular formula is C48H30N4. The van der Waals surface area contributed by atoms with Crippen molar-refractivity contribution in [3.8, 4) is 51.1 Å². The molecule has 0 radical (unpaired) electrons. The van der Waals surface area contributed by atoms with Crippen LogP contribution in [-0.2, 0) is 0 Å². The van der Waals surface area contributed by atoms with E-state index >= 15 is 0 Å². The maximum atomic E-state index is 9.99. The predicted molar refractivity (Wildman–Crippen MR) is 214 cm³/mol. The summed E-state index contributed by atoms with van der Waals surface area (Å²) in [7, 11) is 0. The lowest BCUT2D eigenvalue weighted by Crippen LogP contribution is -1.96. The molecule has 0 saturated carbocycles. The number of para-hydroxylation sites is 3. The van der Waals surface area contributed by atoms with Gasteiger partial charge in [0.25, 0.3) is 0 Å². The molecule has 0 bridgehead atoms. The summed E-state index contributed by atoms with van der Waals surface area (Å²) >= 11 is 0. The van der Waals surface area contributed by atoms with Crippen LogP contribution in [0.5, 0.6) is 0 Å². The Hall–Kier alpha value is -7.22. The first-order valence-corrected chi connectivity index (χ1v) is 17.5. The van der Waals surface area contributed by atoms with Gasteiger partial charge in [-0.3, -0.25) is 0 Å². The van der Waals surface area contributed by atoms with Gasteiger partial charge in [0, 0.05) is 44.0 Å². The molecule has 0 aliphatic carbocycles. The number of fused-ring (bicyclic) bond motifs is 7. The molecule has 3 heterocycles. The molecule has 7 aromatic carbocycles. The molecule has 0 saturated heterocycles. The lowest BCUT2D eigenvalue weighted by atomic mass is 9.98. The molecule has 0 atom stereocenters. The molecule has 0 aliphatic rings. The molecule has 4 nitrogen and oxygen atoms in total. The van der Waals surface area contributed by atoms with Gasteiger partial charge in [-0.2, -0.15) is 5.26 Å². The smallest absolute Gasteiger partial charge is 0.0998 e. The topological polar surface area (TPSA) is 46.5 Å². The fourth-order valence-corrected chi connectivity index (χ4v) is 7.85. The zero-order valence-electron chi connectivity index (χ0n) is 28.1. The van der Waals surface area contributed by atoms with Gasteiger partial charge in [-0.25, -0.2) is 4.98 Å². The zero-order chi connectivity index (χ0) is 34.6. The van der Waals surface area contributed by atoms with Crippen LogP contribution in [0.4, 0.5) is 0 Å². The van der Waals surface area contributed by atoms with Crippen LogP contribution in [0.2, 0.25) is 0 Å². The van der Waals surface area contributed by atoms with Crippen molar-refractivity contribution >= 4 is 43.6 Å². The lowest BCUT2D eigenvalue weighted by Gasteiger charge is -2.14. The average Bonchev–Trinajstić information content (AvgIpc) is 3.74. The maximum Gasteiger partial charge on any atom is 0.0998 e. The summed E-state index contributed by atoms with van der Waals surface area (Å²) in [6.45, 7) is 0. The van der Waals surface area contributed by atoms with Crippen molar-refractivity contribution in [2.45, 2.75) is 0 Å². The van der Waals surface area contributed by atoms with Gasteiger partial charge >= 0.3 is 0 Å². The van der Waals surface area contributed by atoms with Crippen LogP contribution in [0.3, 0.4) is 0 Å². The monoisotopic (exact) mass is 662 g/mol. The van der Waals surface area contributed by atoms with Crippen molar-refractivity contribution in [3.63, 3.8) is 0 Å². The summed E-state index contributed by atoms with van der Waals surface area (Å²) in [5.74, 6) is 0. The summed E-state index contributed by atoms with van der Waals surface area (Å²) in [5, 5.41) is 14.9. The van der Waals surface area contributed by atoms with E-state index in [2.05, 4.69) is 155 Å². The molecule has 242 valence electrons. The highest BCUT2D eigenvalue weighted by atomic mass is 15.0. The van der Waals surface area contributed by atoms with E-state index in [-0.39, 0.29) is 0 Å². The summed E-state index contributed by atoms with van der Waals surface area (Å²) in [6, 6.07) is 66.0. The van der Waals surface area contributed by atoms with Crippen molar-refractivity contribution in [2.75, 3.05) is 0 Å². The third-order valence-corrected chi connectivity index (χ3v) is 10.1. The fourth-order valence-electron chi connectivity index (χ4n) is 7.85. The Morgan fingerprint density at radius 3 is 1.87 bits per heavy atom. The first-order chi connectivity index (χ1) is 25.8. The van der Waals surface area contributed by atoms with Crippen molar-refractivity contribution in [3.05, 3.63) is 188 Å². The minimum absolute atomic E-state index is 0.601. The third kappa shape index (κ3) is 4.65. The molecule has 4 heteroatoms. The Morgan fingerprint density at radius 2 is 1.06 bits per heavy atom. The molecule has 3 aromatic heterocycles. The highest BCUT2D eigenvalue weighted by Gasteiger charge is 2.21. The normalized spacial score (nSPS) is 11.4. The number of hydrogen-bond donors (Lipinski definition) is 0. The summed E-state index contributed by atoms with van der Waals surface area (Å²) < 4.78 is 4.81. The van der Waals surface area contributed by atoms with E-state index in [1.165, 1.54) is 38.1 Å². The number of benzene rings is 7. The Morgan fingerprint density at radius 1 is 0.423 bits per heavy atom. The van der Waals surface area contributed by atoms with Gasteiger partial charge in [0.15, 0.2) is 0 Å². The van der Waals surface area contributed by atoms with E-state index in [4.69, 9.17) is 4.98 Å². The molecule has 0 fully saturated rings. The van der Waals surface area contributed by atoms with Gasteiger partial charge in [0.1, 0.15) is 0 Å². The van der Waals surface area contributed by atoms with Crippen molar-refractivity contribution in [1.29, 1.82) is 5.26 Å². The average molecular weight is 663 g/mol. The van der Waals surface area contributed by atoms with Crippen LogP contribution < -0.4 is 0 Å². The van der Waals surface area contributed by atoms with E-state index < -0.39 is 0 Å². The Balaban J connectivity index is 1.25. The third-order valence-electron chi connectivity index (χ3n) is 10.1. The maximum absolute atomic E-state index is 9.99. The van der Waals surface area contributed by atoms with E-state index in [9.17, 15) is 5.26 Å². The van der Waals surface area contributed by atoms with E-state index in [1.807, 2.05) is 42.5 Å². The number of aromatic nitrogens is 3. The van der Waals surface area contributed by atoms with Crippen molar-refractivity contribution in [2.24, 2.45) is 0 Å². The van der Waals surface area contributed by atoms with E-state index in [0.29, 0.717) is 5.56 Å². The Kier molecular flexibility index (Phi) is 6.84. The van der Waals surface area contributed by atoms with Gasteiger partial charge in [0.05, 0.1) is 45.1 Å². The second kappa shape index (κ2) is 12.0. The van der Waals surface area contributed by atoms with Crippen LogP contribution in [0, 0.1) is 11.3 Å². The minimum atomic E-state index is 0.601. The minimum Gasteiger partial charge on any atom is -0.309 e. The quantitative estimate of drug-likeness (QED) is 0.184. The largest absolute Gasteiger partial charge is 0.309 e. The SMILES string of the molecule is N#Cc1ccccc1-c1cc(-c2cccc(-n3c4ccccc4c4ccc5c(c6ccccc6n5-c5ccccc5)c43)c2)cc(-c2ccccc2)n1. The van der Waals surface area contributed by atoms with E-state index in [0.717, 1.165) is 50.5 Å². The molecule has 52 heavy (non-hydrogen) atoms. The van der Waals surface area contributed by atoms with Gasteiger partial charge in [-0.1, -0.05) is 121 Å². The fraction of sp³-hybridized carbons (Fsp3) is 0. The van der Waals surface area contributed by atoms with Gasteiger partial charge in [-0.15, -0.1) is 0 Å². The van der Waals surface area contributed by atoms with Crippen LogP contribution >= 0.6 is 0 Å². The van der Waals surface area contributed by atoms with Crippen LogP contribution in [-0.4, -0.2) is 14.1 Å². The Labute approximate surface area is 300 Å². The molecule has 10 aromatic rings. The number of rotatable bonds is 5. The lowest BCUT2D eigenvalue weighted by molar-refractivity contribution is 1.17. The van der Waals surface area contributed by atoms with Gasteiger partial charge in [0.2, 0.25) is 0 Å². The molecule has 10 rings (SSSR count). The van der Waals surface area contributed by atoms with Crippen molar-refractivity contribution in [1.82, 2.24) is 14.1 Å². The van der Waals surface area contributed by atoms with Gasteiger partial charge in [-0.05, 0) is 71.8 Å². The molecule has 0 aliphatic heterocycles. The van der Waals surface area contributed by atoms with Crippen LogP contribution in [0.25, 0.3) is 88.6 Å². The first kappa shape index (κ1) is 29.7. The van der Waals surface area contributed by atoms with Crippen LogP contribution in [0.1, 0.15) is 5.56 Å². The predicted octanol–water partition coefficient (Wildman–Crippen LogP) is 12.1. The molecule has 0 N–H and O–H groups in total. The second-order valence-corrected chi connectivity index (χ2v) is 13.1. The Bertz CT molecular complexity index is 3020. The first-order valence-electron chi connectivity index (χ1n) is 17.5. The highest BCUT2D eigenvalue weighted by Crippen LogP contribution is 2.42. The standard InChI is InChI=1S/C48H30N4/c49-31-34-16-7-8-21-38(34)43-30-35(29-42(50-43)32-14-3-1-4-15-32)33-17-13-20-37(28-33)52-44-24-11-9-22-39(44)40-26-27-46-47(48(40)52)41-23-10-12-25-45(41)51(46)36-18-5-2-6-19-36/h1-30H. The number of hydrogen-bond acceptors (Lipinski definition) is 2. The molecule has 0 unspecified atom stereocenters. The summed E-state index contributed by atoms with van der Waals surface area (Å²) in [4.78, 5) is 5.09. The van der Waals surface area contributed by atoms with E-state index in [1.54, 1.807) is 0 Å². The molecular weight excluding hydrogens is 633 g/mol. The number of nitrogens with zero attached hydrogens (tertiary/aromatic N) is 4. The van der Waals surface area contributed by atoms with Gasteiger partial charge < -0.3 is 9.13 Å². The molecule has 0 spiro atoms. The second-order valence-electron chi connectivity index (χ2n) is 13.1.